The number of carbonyl (C=O) groups excluding carboxylic acids is 1. The third-order valence-corrected chi connectivity index (χ3v) is 4.73. The normalized spacial score (nSPS) is 15.4. The summed E-state index contributed by atoms with van der Waals surface area (Å²) in [7, 11) is 0. The number of morpholine rings is 1. The number of rotatable bonds is 7. The Kier molecular flexibility index (Phi) is 7.01. The van der Waals surface area contributed by atoms with Gasteiger partial charge in [-0.05, 0) is 24.6 Å². The second-order valence-electron chi connectivity index (χ2n) is 6.84. The number of benzene rings is 2. The first kappa shape index (κ1) is 19.9. The molecule has 1 atom stereocenters. The maximum absolute atomic E-state index is 12.5. The number of hydrogen-bond donors (Lipinski definition) is 1. The zero-order valence-corrected chi connectivity index (χ0v) is 16.1. The molecule has 3 rings (SSSR count). The van der Waals surface area contributed by atoms with Crippen molar-refractivity contribution < 1.29 is 14.3 Å². The van der Waals surface area contributed by atoms with E-state index < -0.39 is 0 Å². The van der Waals surface area contributed by atoms with Crippen LogP contribution in [0.4, 0.5) is 0 Å². The van der Waals surface area contributed by atoms with Crippen LogP contribution in [0.5, 0.6) is 5.75 Å². The number of para-hydroxylation sites is 1. The SMILES string of the molecule is Cc1ccc([C@@H](CN2CCOCC2)NC(=O)COc2ccccc2C#N)cc1. The number of carbonyl (C=O) groups is 1. The van der Waals surface area contributed by atoms with Crippen molar-refractivity contribution in [3.63, 3.8) is 0 Å². The first-order chi connectivity index (χ1) is 13.7. The fraction of sp³-hybridized carbons (Fsp3) is 0.364. The lowest BCUT2D eigenvalue weighted by molar-refractivity contribution is -0.124. The number of nitrogens with one attached hydrogen (secondary N) is 1. The smallest absolute Gasteiger partial charge is 0.258 e. The lowest BCUT2D eigenvalue weighted by Gasteiger charge is -2.31. The first-order valence-electron chi connectivity index (χ1n) is 9.43. The van der Waals surface area contributed by atoms with Crippen molar-refractivity contribution in [2.75, 3.05) is 39.5 Å². The van der Waals surface area contributed by atoms with Crippen LogP contribution < -0.4 is 10.1 Å². The van der Waals surface area contributed by atoms with Crippen molar-refractivity contribution in [1.29, 1.82) is 5.26 Å². The molecule has 2 aromatic carbocycles. The maximum atomic E-state index is 12.5. The molecule has 1 amide bonds. The molecule has 0 saturated carbocycles. The Morgan fingerprint density at radius 2 is 1.93 bits per heavy atom. The summed E-state index contributed by atoms with van der Waals surface area (Å²) in [6.45, 7) is 5.75. The van der Waals surface area contributed by atoms with Crippen LogP contribution in [-0.4, -0.2) is 50.3 Å². The van der Waals surface area contributed by atoms with Crippen LogP contribution in [0.15, 0.2) is 48.5 Å². The minimum atomic E-state index is -0.216. The van der Waals surface area contributed by atoms with Gasteiger partial charge in [-0.2, -0.15) is 5.26 Å². The van der Waals surface area contributed by atoms with E-state index >= 15 is 0 Å². The zero-order valence-electron chi connectivity index (χ0n) is 16.1. The Hall–Kier alpha value is -2.88. The van der Waals surface area contributed by atoms with Gasteiger partial charge in [-0.3, -0.25) is 9.69 Å². The third kappa shape index (κ3) is 5.56. The largest absolute Gasteiger partial charge is 0.482 e. The first-order valence-corrected chi connectivity index (χ1v) is 9.43. The molecule has 1 N–H and O–H groups in total. The quantitative estimate of drug-likeness (QED) is 0.800. The van der Waals surface area contributed by atoms with E-state index in [1.54, 1.807) is 24.3 Å². The molecule has 1 aliphatic heterocycles. The van der Waals surface area contributed by atoms with Gasteiger partial charge in [0.15, 0.2) is 6.61 Å². The molecule has 6 nitrogen and oxygen atoms in total. The Labute approximate surface area is 165 Å². The minimum absolute atomic E-state index is 0.135. The summed E-state index contributed by atoms with van der Waals surface area (Å²) in [6, 6.07) is 17.0. The van der Waals surface area contributed by atoms with E-state index in [4.69, 9.17) is 14.7 Å². The molecule has 0 aromatic heterocycles. The summed E-state index contributed by atoms with van der Waals surface area (Å²) in [6.07, 6.45) is 0. The molecule has 0 radical (unpaired) electrons. The monoisotopic (exact) mass is 379 g/mol. The number of aryl methyl sites for hydroxylation is 1. The Bertz CT molecular complexity index is 824. The lowest BCUT2D eigenvalue weighted by Crippen LogP contribution is -2.44. The highest BCUT2D eigenvalue weighted by atomic mass is 16.5. The summed E-state index contributed by atoms with van der Waals surface area (Å²) in [5.41, 5.74) is 2.65. The van der Waals surface area contributed by atoms with Crippen molar-refractivity contribution in [1.82, 2.24) is 10.2 Å². The Morgan fingerprint density at radius 3 is 2.64 bits per heavy atom. The zero-order chi connectivity index (χ0) is 19.8. The van der Waals surface area contributed by atoms with Gasteiger partial charge in [0.2, 0.25) is 0 Å². The predicted molar refractivity (Wildman–Crippen MR) is 106 cm³/mol. The van der Waals surface area contributed by atoms with Crippen LogP contribution >= 0.6 is 0 Å². The van der Waals surface area contributed by atoms with Gasteiger partial charge in [0.05, 0.1) is 24.8 Å². The highest BCUT2D eigenvalue weighted by molar-refractivity contribution is 5.78. The molecule has 1 heterocycles. The Balaban J connectivity index is 1.64. The van der Waals surface area contributed by atoms with Gasteiger partial charge in [0, 0.05) is 19.6 Å². The second kappa shape index (κ2) is 9.88. The number of amides is 1. The topological polar surface area (TPSA) is 74.6 Å². The van der Waals surface area contributed by atoms with E-state index in [1.807, 2.05) is 31.2 Å². The van der Waals surface area contributed by atoms with Crippen molar-refractivity contribution in [3.05, 3.63) is 65.2 Å². The van der Waals surface area contributed by atoms with Crippen molar-refractivity contribution in [3.8, 4) is 11.8 Å². The van der Waals surface area contributed by atoms with E-state index in [0.717, 1.165) is 18.7 Å². The summed E-state index contributed by atoms with van der Waals surface area (Å²) in [4.78, 5) is 14.8. The predicted octanol–water partition coefficient (Wildman–Crippen LogP) is 2.44. The van der Waals surface area contributed by atoms with Crippen LogP contribution in [0.2, 0.25) is 0 Å². The van der Waals surface area contributed by atoms with Crippen molar-refractivity contribution in [2.24, 2.45) is 0 Å². The van der Waals surface area contributed by atoms with Crippen LogP contribution in [-0.2, 0) is 9.53 Å². The van der Waals surface area contributed by atoms with E-state index in [2.05, 4.69) is 16.3 Å². The fourth-order valence-corrected chi connectivity index (χ4v) is 3.14. The van der Waals surface area contributed by atoms with Gasteiger partial charge in [-0.1, -0.05) is 42.0 Å². The van der Waals surface area contributed by atoms with E-state index in [-0.39, 0.29) is 18.6 Å². The molecule has 0 bridgehead atoms. The molecular formula is C22H25N3O3. The van der Waals surface area contributed by atoms with Gasteiger partial charge in [-0.25, -0.2) is 0 Å². The number of nitriles is 1. The van der Waals surface area contributed by atoms with Crippen molar-refractivity contribution >= 4 is 5.91 Å². The van der Waals surface area contributed by atoms with E-state index in [1.165, 1.54) is 5.56 Å². The van der Waals surface area contributed by atoms with Gasteiger partial charge in [-0.15, -0.1) is 0 Å². The average molecular weight is 379 g/mol. The molecule has 0 aliphatic carbocycles. The standard InChI is InChI=1S/C22H25N3O3/c1-17-6-8-18(9-7-17)20(15-25-10-12-27-13-11-25)24-22(26)16-28-21-5-3-2-4-19(21)14-23/h2-9,20H,10-13,15-16H2,1H3,(H,24,26)/t20-/m1/s1. The molecular weight excluding hydrogens is 354 g/mol. The number of ether oxygens (including phenoxy) is 2. The van der Waals surface area contributed by atoms with E-state index in [9.17, 15) is 4.79 Å². The van der Waals surface area contributed by atoms with Crippen molar-refractivity contribution in [2.45, 2.75) is 13.0 Å². The minimum Gasteiger partial charge on any atom is -0.482 e. The third-order valence-electron chi connectivity index (χ3n) is 4.73. The summed E-state index contributed by atoms with van der Waals surface area (Å²) in [5, 5.41) is 12.2. The molecule has 6 heteroatoms. The van der Waals surface area contributed by atoms with Crippen LogP contribution in [0.1, 0.15) is 22.7 Å². The van der Waals surface area contributed by atoms with E-state index in [0.29, 0.717) is 31.1 Å². The van der Waals surface area contributed by atoms with Gasteiger partial charge < -0.3 is 14.8 Å². The highest BCUT2D eigenvalue weighted by Crippen LogP contribution is 2.18. The lowest BCUT2D eigenvalue weighted by atomic mass is 10.0. The van der Waals surface area contributed by atoms with Crippen LogP contribution in [0.3, 0.4) is 0 Å². The maximum Gasteiger partial charge on any atom is 0.258 e. The molecule has 0 spiro atoms. The molecule has 1 aliphatic rings. The second-order valence-corrected chi connectivity index (χ2v) is 6.84. The van der Waals surface area contributed by atoms with Gasteiger partial charge in [0.25, 0.3) is 5.91 Å². The Morgan fingerprint density at radius 1 is 1.21 bits per heavy atom. The van der Waals surface area contributed by atoms with Gasteiger partial charge >= 0.3 is 0 Å². The molecule has 28 heavy (non-hydrogen) atoms. The highest BCUT2D eigenvalue weighted by Gasteiger charge is 2.20. The van der Waals surface area contributed by atoms with Crippen LogP contribution in [0, 0.1) is 18.3 Å². The number of nitrogens with zero attached hydrogens (tertiary/aromatic N) is 2. The average Bonchev–Trinajstić information content (AvgIpc) is 2.73. The summed E-state index contributed by atoms with van der Waals surface area (Å²) in [5.74, 6) is 0.201. The molecule has 0 unspecified atom stereocenters. The fourth-order valence-electron chi connectivity index (χ4n) is 3.14. The molecule has 2 aromatic rings. The number of hydrogen-bond acceptors (Lipinski definition) is 5. The summed E-state index contributed by atoms with van der Waals surface area (Å²) < 4.78 is 11.0. The molecule has 1 saturated heterocycles. The van der Waals surface area contributed by atoms with Gasteiger partial charge in [0.1, 0.15) is 11.8 Å². The molecule has 146 valence electrons. The molecule has 1 fully saturated rings. The summed E-state index contributed by atoms with van der Waals surface area (Å²) >= 11 is 0. The van der Waals surface area contributed by atoms with Crippen LogP contribution in [0.25, 0.3) is 0 Å².